The highest BCUT2D eigenvalue weighted by molar-refractivity contribution is 5.91. The molecule has 0 bridgehead atoms. The van der Waals surface area contributed by atoms with E-state index in [1.54, 1.807) is 0 Å². The summed E-state index contributed by atoms with van der Waals surface area (Å²) >= 11 is 0. The molecule has 0 unspecified atom stereocenters. The zero-order valence-electron chi connectivity index (χ0n) is 20.0. The average molecular weight is 486 g/mol. The number of halogens is 1. The number of nitrogens with zero attached hydrogens (tertiary/aromatic N) is 1. The van der Waals surface area contributed by atoms with Gasteiger partial charge in [-0.15, -0.1) is 12.4 Å². The van der Waals surface area contributed by atoms with E-state index in [0.29, 0.717) is 6.04 Å². The van der Waals surface area contributed by atoms with Crippen molar-refractivity contribution in [3.63, 3.8) is 0 Å². The van der Waals surface area contributed by atoms with E-state index in [-0.39, 0.29) is 24.2 Å². The van der Waals surface area contributed by atoms with Crippen LogP contribution in [0.2, 0.25) is 0 Å². The van der Waals surface area contributed by atoms with Gasteiger partial charge in [-0.2, -0.15) is 0 Å². The fourth-order valence-corrected chi connectivity index (χ4v) is 5.83. The highest BCUT2D eigenvalue weighted by atomic mass is 35.5. The van der Waals surface area contributed by atoms with Crippen LogP contribution in [0.25, 0.3) is 10.9 Å². The molecule has 0 spiro atoms. The molecule has 0 aliphatic heterocycles. The summed E-state index contributed by atoms with van der Waals surface area (Å²) in [5.74, 6) is 0.791. The van der Waals surface area contributed by atoms with Crippen molar-refractivity contribution in [1.82, 2.24) is 4.98 Å². The number of rotatable bonds is 6. The zero-order chi connectivity index (χ0) is 23.5. The molecule has 1 fully saturated rings. The lowest BCUT2D eigenvalue weighted by atomic mass is 9.60. The SMILES string of the molecule is Cc1cc(NC2CCC(C(C(N)=O)(c3ccccc3)c3ccccc3)CC2)nc2ccccc12.Cl. The first-order valence-corrected chi connectivity index (χ1v) is 12.1. The Morgan fingerprint density at radius 3 is 1.97 bits per heavy atom. The Morgan fingerprint density at radius 1 is 0.857 bits per heavy atom. The summed E-state index contributed by atoms with van der Waals surface area (Å²) in [4.78, 5) is 18.1. The van der Waals surface area contributed by atoms with Crippen LogP contribution < -0.4 is 11.1 Å². The van der Waals surface area contributed by atoms with Gasteiger partial charge in [-0.25, -0.2) is 4.98 Å². The second-order valence-corrected chi connectivity index (χ2v) is 9.44. The van der Waals surface area contributed by atoms with Gasteiger partial charge in [0.25, 0.3) is 0 Å². The predicted octanol–water partition coefficient (Wildman–Crippen LogP) is 6.41. The van der Waals surface area contributed by atoms with Gasteiger partial charge in [0.05, 0.1) is 5.52 Å². The van der Waals surface area contributed by atoms with Crippen LogP contribution in [0.5, 0.6) is 0 Å². The fourth-order valence-electron chi connectivity index (χ4n) is 5.83. The van der Waals surface area contributed by atoms with Crippen molar-refractivity contribution in [1.29, 1.82) is 0 Å². The quantitative estimate of drug-likeness (QED) is 0.331. The van der Waals surface area contributed by atoms with Gasteiger partial charge >= 0.3 is 0 Å². The molecule has 4 aromatic rings. The first-order valence-electron chi connectivity index (χ1n) is 12.1. The second kappa shape index (κ2) is 10.5. The van der Waals surface area contributed by atoms with E-state index in [1.807, 2.05) is 66.7 Å². The molecule has 5 rings (SSSR count). The Balaban J connectivity index is 0.00000289. The number of para-hydroxylation sites is 1. The van der Waals surface area contributed by atoms with Crippen LogP contribution in [-0.2, 0) is 10.2 Å². The van der Waals surface area contributed by atoms with Crippen molar-refractivity contribution >= 4 is 35.0 Å². The maximum absolute atomic E-state index is 13.3. The lowest BCUT2D eigenvalue weighted by Crippen LogP contribution is -2.50. The van der Waals surface area contributed by atoms with Crippen LogP contribution in [0.4, 0.5) is 5.82 Å². The van der Waals surface area contributed by atoms with Gasteiger partial charge < -0.3 is 11.1 Å². The molecule has 0 radical (unpaired) electrons. The number of hydrogen-bond acceptors (Lipinski definition) is 3. The largest absolute Gasteiger partial charge is 0.369 e. The molecule has 1 amide bonds. The molecule has 1 aliphatic carbocycles. The summed E-state index contributed by atoms with van der Waals surface area (Å²) < 4.78 is 0. The molecular formula is C30H32ClN3O. The Labute approximate surface area is 213 Å². The minimum Gasteiger partial charge on any atom is -0.369 e. The normalized spacial score (nSPS) is 18.0. The summed E-state index contributed by atoms with van der Waals surface area (Å²) in [5.41, 5.74) is 9.61. The molecule has 3 aromatic carbocycles. The van der Waals surface area contributed by atoms with E-state index in [0.717, 1.165) is 48.1 Å². The van der Waals surface area contributed by atoms with Crippen LogP contribution in [0.3, 0.4) is 0 Å². The summed E-state index contributed by atoms with van der Waals surface area (Å²) in [7, 11) is 0. The highest BCUT2D eigenvalue weighted by Gasteiger charge is 2.48. The minimum absolute atomic E-state index is 0. The lowest BCUT2D eigenvalue weighted by Gasteiger charge is -2.43. The van der Waals surface area contributed by atoms with Gasteiger partial charge in [-0.1, -0.05) is 78.9 Å². The summed E-state index contributed by atoms with van der Waals surface area (Å²) in [5, 5.41) is 4.86. The Bertz CT molecular complexity index is 1250. The van der Waals surface area contributed by atoms with Crippen LogP contribution in [-0.4, -0.2) is 16.9 Å². The monoisotopic (exact) mass is 485 g/mol. The molecule has 0 atom stereocenters. The van der Waals surface area contributed by atoms with E-state index < -0.39 is 5.41 Å². The lowest BCUT2D eigenvalue weighted by molar-refractivity contribution is -0.124. The summed E-state index contributed by atoms with van der Waals surface area (Å²) in [6.45, 7) is 2.13. The number of nitrogens with one attached hydrogen (secondary N) is 1. The zero-order valence-corrected chi connectivity index (χ0v) is 20.8. The van der Waals surface area contributed by atoms with Crippen molar-refractivity contribution < 1.29 is 4.79 Å². The van der Waals surface area contributed by atoms with E-state index in [9.17, 15) is 4.79 Å². The van der Waals surface area contributed by atoms with Crippen molar-refractivity contribution in [2.24, 2.45) is 11.7 Å². The number of fused-ring (bicyclic) bond motifs is 1. The third-order valence-corrected chi connectivity index (χ3v) is 7.46. The first kappa shape index (κ1) is 24.7. The predicted molar refractivity (Wildman–Crippen MR) is 146 cm³/mol. The Morgan fingerprint density at radius 2 is 1.40 bits per heavy atom. The van der Waals surface area contributed by atoms with E-state index >= 15 is 0 Å². The number of carbonyl (C=O) groups excluding carboxylic acids is 1. The molecule has 1 saturated carbocycles. The maximum Gasteiger partial charge on any atom is 0.232 e. The molecule has 35 heavy (non-hydrogen) atoms. The molecule has 1 heterocycles. The van der Waals surface area contributed by atoms with E-state index in [1.165, 1.54) is 10.9 Å². The number of anilines is 1. The molecule has 3 N–H and O–H groups in total. The average Bonchev–Trinajstić information content (AvgIpc) is 2.87. The van der Waals surface area contributed by atoms with E-state index in [4.69, 9.17) is 10.7 Å². The number of carbonyl (C=O) groups is 1. The standard InChI is InChI=1S/C30H31N3O.ClH/c1-21-20-28(33-27-15-9-8-14-26(21)27)32-25-18-16-24(17-19-25)30(29(31)34,22-10-4-2-5-11-22)23-12-6-3-7-13-23;/h2-15,20,24-25H,16-19H2,1H3,(H2,31,34)(H,32,33);1H. The minimum atomic E-state index is -0.828. The van der Waals surface area contributed by atoms with Crippen molar-refractivity contribution in [3.05, 3.63) is 108 Å². The van der Waals surface area contributed by atoms with Gasteiger partial charge in [0.1, 0.15) is 11.2 Å². The third-order valence-electron chi connectivity index (χ3n) is 7.46. The van der Waals surface area contributed by atoms with Crippen molar-refractivity contribution in [2.75, 3.05) is 5.32 Å². The number of aryl methyl sites for hydroxylation is 1. The third kappa shape index (κ3) is 4.63. The first-order chi connectivity index (χ1) is 16.6. The number of primary amides is 1. The highest BCUT2D eigenvalue weighted by Crippen LogP contribution is 2.46. The molecule has 1 aliphatic rings. The van der Waals surface area contributed by atoms with Gasteiger partial charge in [0.15, 0.2) is 0 Å². The van der Waals surface area contributed by atoms with E-state index in [2.05, 4.69) is 36.5 Å². The van der Waals surface area contributed by atoms with Gasteiger partial charge in [0, 0.05) is 11.4 Å². The van der Waals surface area contributed by atoms with Gasteiger partial charge in [-0.05, 0) is 67.3 Å². The van der Waals surface area contributed by atoms with Crippen molar-refractivity contribution in [3.8, 4) is 0 Å². The van der Waals surface area contributed by atoms with Crippen molar-refractivity contribution in [2.45, 2.75) is 44.1 Å². The maximum atomic E-state index is 13.3. The van der Waals surface area contributed by atoms with Crippen LogP contribution in [0.1, 0.15) is 42.4 Å². The number of nitrogens with two attached hydrogens (primary N) is 1. The van der Waals surface area contributed by atoms with Crippen LogP contribution in [0, 0.1) is 12.8 Å². The summed E-state index contributed by atoms with van der Waals surface area (Å²) in [6, 6.07) is 30.9. The fraction of sp³-hybridized carbons (Fsp3) is 0.267. The summed E-state index contributed by atoms with van der Waals surface area (Å²) in [6.07, 6.45) is 3.76. The molecule has 0 saturated heterocycles. The Hall–Kier alpha value is -3.37. The number of benzene rings is 3. The van der Waals surface area contributed by atoms with Crippen LogP contribution in [0.15, 0.2) is 91.0 Å². The molecule has 5 heteroatoms. The number of pyridine rings is 1. The molecule has 4 nitrogen and oxygen atoms in total. The second-order valence-electron chi connectivity index (χ2n) is 9.44. The molecular weight excluding hydrogens is 454 g/mol. The van der Waals surface area contributed by atoms with Gasteiger partial charge in [0.2, 0.25) is 5.91 Å². The molecule has 180 valence electrons. The van der Waals surface area contributed by atoms with Gasteiger partial charge in [-0.3, -0.25) is 4.79 Å². The van der Waals surface area contributed by atoms with Crippen LogP contribution >= 0.6 is 12.4 Å². The Kier molecular flexibility index (Phi) is 7.42. The topological polar surface area (TPSA) is 68.0 Å². The smallest absolute Gasteiger partial charge is 0.232 e. The number of hydrogen-bond donors (Lipinski definition) is 2. The number of aromatic nitrogens is 1. The molecule has 1 aromatic heterocycles. The number of amides is 1.